The third kappa shape index (κ3) is 3.89. The van der Waals surface area contributed by atoms with Crippen LogP contribution in [0.15, 0.2) is 23.5 Å². The second-order valence-electron chi connectivity index (χ2n) is 7.91. The molecule has 0 radical (unpaired) electrons. The number of aromatic nitrogens is 1. The van der Waals surface area contributed by atoms with Crippen LogP contribution in [0.5, 0.6) is 0 Å². The van der Waals surface area contributed by atoms with Crippen molar-refractivity contribution in [2.75, 3.05) is 13.1 Å². The van der Waals surface area contributed by atoms with Crippen molar-refractivity contribution in [1.82, 2.24) is 20.7 Å². The molecule has 140 valence electrons. The van der Waals surface area contributed by atoms with Gasteiger partial charge in [-0.3, -0.25) is 9.78 Å². The number of pyridine rings is 1. The highest BCUT2D eigenvalue weighted by Crippen LogP contribution is 2.31. The summed E-state index contributed by atoms with van der Waals surface area (Å²) in [4.78, 5) is 16.7. The number of carbonyl (C=O) groups is 1. The van der Waals surface area contributed by atoms with Crippen LogP contribution >= 0.6 is 11.6 Å². The highest BCUT2D eigenvalue weighted by molar-refractivity contribution is 6.30. The van der Waals surface area contributed by atoms with Gasteiger partial charge in [0, 0.05) is 31.0 Å². The van der Waals surface area contributed by atoms with E-state index in [1.54, 1.807) is 17.8 Å². The lowest BCUT2D eigenvalue weighted by Gasteiger charge is -2.32. The molecule has 4 rings (SSSR count). The smallest absolute Gasteiger partial charge is 0.253 e. The topological polar surface area (TPSA) is 57.3 Å². The number of rotatable bonds is 4. The van der Waals surface area contributed by atoms with Gasteiger partial charge in [0.15, 0.2) is 0 Å². The zero-order valence-electron chi connectivity index (χ0n) is 15.4. The molecular formula is C20H27ClN4O. The van der Waals surface area contributed by atoms with E-state index in [0.29, 0.717) is 16.5 Å². The molecule has 1 aromatic rings. The molecule has 5 nitrogen and oxygen atoms in total. The van der Waals surface area contributed by atoms with Crippen molar-refractivity contribution in [2.24, 2.45) is 5.92 Å². The molecule has 26 heavy (non-hydrogen) atoms. The maximum Gasteiger partial charge on any atom is 0.253 e. The second kappa shape index (κ2) is 7.57. The highest BCUT2D eigenvalue weighted by atomic mass is 35.5. The Morgan fingerprint density at radius 1 is 1.35 bits per heavy atom. The lowest BCUT2D eigenvalue weighted by atomic mass is 9.85. The monoisotopic (exact) mass is 374 g/mol. The van der Waals surface area contributed by atoms with Crippen LogP contribution in [-0.2, 0) is 0 Å². The van der Waals surface area contributed by atoms with Crippen molar-refractivity contribution in [1.29, 1.82) is 0 Å². The molecule has 2 heterocycles. The molecule has 6 heteroatoms. The Balaban J connectivity index is 1.24. The van der Waals surface area contributed by atoms with Gasteiger partial charge in [-0.2, -0.15) is 0 Å². The first-order chi connectivity index (χ1) is 12.6. The van der Waals surface area contributed by atoms with Crippen molar-refractivity contribution in [3.63, 3.8) is 0 Å². The van der Waals surface area contributed by atoms with Crippen molar-refractivity contribution < 1.29 is 4.79 Å². The quantitative estimate of drug-likeness (QED) is 0.845. The third-order valence-electron chi connectivity index (χ3n) is 5.97. The number of hydrogen-bond acceptors (Lipinski definition) is 4. The fraction of sp³-hybridized carbons (Fsp3) is 0.600. The molecule has 3 aliphatic rings. The zero-order valence-corrected chi connectivity index (χ0v) is 16.1. The number of halogens is 1. The summed E-state index contributed by atoms with van der Waals surface area (Å²) in [5.41, 5.74) is 8.01. The molecule has 2 N–H and O–H groups in total. The van der Waals surface area contributed by atoms with E-state index in [-0.39, 0.29) is 11.9 Å². The molecule has 1 aliphatic heterocycles. The lowest BCUT2D eigenvalue weighted by molar-refractivity contribution is 0.0913. The predicted octanol–water partition coefficient (Wildman–Crippen LogP) is 3.59. The Hall–Kier alpha value is -1.59. The fourth-order valence-electron chi connectivity index (χ4n) is 4.49. The molecule has 0 bridgehead atoms. The average Bonchev–Trinajstić information content (AvgIpc) is 3.20. The molecule has 2 aliphatic carbocycles. The van der Waals surface area contributed by atoms with E-state index in [9.17, 15) is 4.79 Å². The van der Waals surface area contributed by atoms with E-state index in [1.165, 1.54) is 37.8 Å². The Morgan fingerprint density at radius 2 is 2.15 bits per heavy atom. The van der Waals surface area contributed by atoms with E-state index in [0.717, 1.165) is 31.6 Å². The van der Waals surface area contributed by atoms with E-state index in [2.05, 4.69) is 20.7 Å². The summed E-state index contributed by atoms with van der Waals surface area (Å²) in [6.07, 6.45) is 9.82. The summed E-state index contributed by atoms with van der Waals surface area (Å²) in [6.45, 7) is 4.06. The molecular weight excluding hydrogens is 348 g/mol. The first-order valence-electron chi connectivity index (χ1n) is 9.74. The Morgan fingerprint density at radius 3 is 2.92 bits per heavy atom. The van der Waals surface area contributed by atoms with Crippen LogP contribution in [0.3, 0.4) is 0 Å². The van der Waals surface area contributed by atoms with Crippen LogP contribution in [0.25, 0.3) is 0 Å². The molecule has 1 saturated carbocycles. The van der Waals surface area contributed by atoms with Crippen LogP contribution in [0.2, 0.25) is 5.02 Å². The van der Waals surface area contributed by atoms with Gasteiger partial charge in [0.1, 0.15) is 0 Å². The number of amides is 1. The van der Waals surface area contributed by atoms with Gasteiger partial charge in [-0.25, -0.2) is 5.01 Å². The molecule has 1 aromatic heterocycles. The number of nitrogens with one attached hydrogen (secondary N) is 2. The van der Waals surface area contributed by atoms with Crippen molar-refractivity contribution in [3.05, 3.63) is 39.8 Å². The molecule has 1 amide bonds. The molecule has 1 fully saturated rings. The Kier molecular flexibility index (Phi) is 5.18. The fourth-order valence-corrected chi connectivity index (χ4v) is 4.65. The summed E-state index contributed by atoms with van der Waals surface area (Å²) >= 11 is 5.98. The van der Waals surface area contributed by atoms with Gasteiger partial charge >= 0.3 is 0 Å². The number of nitrogens with zero attached hydrogens (tertiary/aromatic N) is 2. The normalized spacial score (nSPS) is 25.9. The van der Waals surface area contributed by atoms with Gasteiger partial charge in [-0.1, -0.05) is 11.6 Å². The van der Waals surface area contributed by atoms with Crippen LogP contribution < -0.4 is 10.7 Å². The predicted molar refractivity (Wildman–Crippen MR) is 103 cm³/mol. The molecule has 0 saturated heterocycles. The maximum absolute atomic E-state index is 12.5. The minimum atomic E-state index is -0.0530. The van der Waals surface area contributed by atoms with E-state index < -0.39 is 0 Å². The maximum atomic E-state index is 12.5. The van der Waals surface area contributed by atoms with E-state index >= 15 is 0 Å². The number of hydrogen-bond donors (Lipinski definition) is 2. The summed E-state index contributed by atoms with van der Waals surface area (Å²) in [5, 5.41) is 6.07. The van der Waals surface area contributed by atoms with Crippen molar-refractivity contribution in [2.45, 2.75) is 57.9 Å². The number of carbonyl (C=O) groups excluding carboxylic acids is 1. The van der Waals surface area contributed by atoms with Gasteiger partial charge in [-0.05, 0) is 69.4 Å². The van der Waals surface area contributed by atoms with Crippen molar-refractivity contribution in [3.8, 4) is 0 Å². The van der Waals surface area contributed by atoms with Crippen LogP contribution in [0.4, 0.5) is 0 Å². The second-order valence-corrected chi connectivity index (χ2v) is 8.34. The molecule has 0 spiro atoms. The standard InChI is InChI=1S/C20H27ClN4O/c1-13-18(9-16(21)10-22-13)20(26)23-17-7-5-14(6-8-17)11-25-12-15-3-2-4-19(15)24-25/h9-10,14,17,24H,2-8,11-12H2,1H3,(H,23,26). The van der Waals surface area contributed by atoms with Crippen LogP contribution in [-0.4, -0.2) is 35.0 Å². The summed E-state index contributed by atoms with van der Waals surface area (Å²) in [7, 11) is 0. The van der Waals surface area contributed by atoms with Crippen molar-refractivity contribution >= 4 is 17.5 Å². The van der Waals surface area contributed by atoms with E-state index in [4.69, 9.17) is 11.6 Å². The summed E-state index contributed by atoms with van der Waals surface area (Å²) in [6, 6.07) is 1.96. The molecule has 0 aromatic carbocycles. The first-order valence-corrected chi connectivity index (χ1v) is 10.1. The minimum Gasteiger partial charge on any atom is -0.349 e. The van der Waals surface area contributed by atoms with Gasteiger partial charge in [0.25, 0.3) is 5.91 Å². The average molecular weight is 375 g/mol. The third-order valence-corrected chi connectivity index (χ3v) is 6.17. The number of hydrazine groups is 1. The Labute approximate surface area is 160 Å². The Bertz CT molecular complexity index is 709. The minimum absolute atomic E-state index is 0.0530. The zero-order chi connectivity index (χ0) is 18.1. The number of allylic oxidation sites excluding steroid dienone is 1. The first kappa shape index (κ1) is 17.8. The SMILES string of the molecule is Cc1ncc(Cl)cc1C(=O)NC1CCC(CN2CC3=C(CCC3)N2)CC1. The van der Waals surface area contributed by atoms with Gasteiger partial charge in [-0.15, -0.1) is 0 Å². The highest BCUT2D eigenvalue weighted by Gasteiger charge is 2.29. The molecule has 0 atom stereocenters. The van der Waals surface area contributed by atoms with Crippen LogP contribution in [0.1, 0.15) is 61.0 Å². The largest absolute Gasteiger partial charge is 0.349 e. The molecule has 0 unspecified atom stereocenters. The van der Waals surface area contributed by atoms with Gasteiger partial charge < -0.3 is 10.7 Å². The summed E-state index contributed by atoms with van der Waals surface area (Å²) < 4.78 is 0. The van der Waals surface area contributed by atoms with Gasteiger partial charge in [0.05, 0.1) is 16.3 Å². The van der Waals surface area contributed by atoms with Crippen LogP contribution in [0, 0.1) is 12.8 Å². The summed E-state index contributed by atoms with van der Waals surface area (Å²) in [5.74, 6) is 0.660. The number of aryl methyl sites for hydroxylation is 1. The lowest BCUT2D eigenvalue weighted by Crippen LogP contribution is -2.42. The van der Waals surface area contributed by atoms with Gasteiger partial charge in [0.2, 0.25) is 0 Å². The van der Waals surface area contributed by atoms with E-state index in [1.807, 2.05) is 6.92 Å².